The molecule has 1 atom stereocenters. The van der Waals surface area contributed by atoms with Gasteiger partial charge in [-0.1, -0.05) is 5.16 Å². The molecule has 1 N–H and O–H groups in total. The Labute approximate surface area is 146 Å². The van der Waals surface area contributed by atoms with E-state index in [0.29, 0.717) is 24.5 Å². The fraction of sp³-hybridized carbons (Fsp3) is 0.588. The Balaban J connectivity index is 1.37. The van der Waals surface area contributed by atoms with Crippen molar-refractivity contribution in [3.63, 3.8) is 0 Å². The predicted molar refractivity (Wildman–Crippen MR) is 89.1 cm³/mol. The number of carbonyl (C=O) groups is 1. The molecule has 2 aromatic rings. The van der Waals surface area contributed by atoms with Crippen LogP contribution in [0.2, 0.25) is 0 Å². The summed E-state index contributed by atoms with van der Waals surface area (Å²) >= 11 is 0. The molecule has 2 fully saturated rings. The van der Waals surface area contributed by atoms with Crippen LogP contribution in [-0.4, -0.2) is 65.6 Å². The summed E-state index contributed by atoms with van der Waals surface area (Å²) in [5, 5.41) is 7.57. The number of amides is 1. The quantitative estimate of drug-likeness (QED) is 0.896. The van der Waals surface area contributed by atoms with Crippen molar-refractivity contribution in [2.45, 2.75) is 24.8 Å². The van der Waals surface area contributed by atoms with E-state index in [1.54, 1.807) is 6.07 Å². The maximum atomic E-state index is 12.4. The molecule has 0 bridgehead atoms. The summed E-state index contributed by atoms with van der Waals surface area (Å²) in [5.41, 5.74) is 0.603. The smallest absolute Gasteiger partial charge is 0.257 e. The van der Waals surface area contributed by atoms with E-state index < -0.39 is 0 Å². The van der Waals surface area contributed by atoms with Gasteiger partial charge in [0.25, 0.3) is 5.91 Å². The van der Waals surface area contributed by atoms with Gasteiger partial charge >= 0.3 is 0 Å². The van der Waals surface area contributed by atoms with Crippen LogP contribution in [0.1, 0.15) is 46.9 Å². The second kappa shape index (κ2) is 6.97. The molecule has 1 amide bonds. The van der Waals surface area contributed by atoms with Gasteiger partial charge < -0.3 is 19.2 Å². The summed E-state index contributed by atoms with van der Waals surface area (Å²) in [6.07, 6.45) is 4.69. The Hall–Kier alpha value is -2.19. The molecule has 0 spiro atoms. The minimum absolute atomic E-state index is 0.0216. The number of piperazine rings is 1. The van der Waals surface area contributed by atoms with Crippen molar-refractivity contribution >= 4 is 5.91 Å². The highest BCUT2D eigenvalue weighted by Gasteiger charge is 2.30. The molecular weight excluding hydrogens is 322 g/mol. The first kappa shape index (κ1) is 16.3. The molecule has 1 unspecified atom stereocenters. The Morgan fingerprint density at radius 1 is 1.32 bits per heavy atom. The molecule has 134 valence electrons. The summed E-state index contributed by atoms with van der Waals surface area (Å²) in [4.78, 5) is 21.1. The second-order valence-electron chi connectivity index (χ2n) is 6.77. The van der Waals surface area contributed by atoms with E-state index in [1.165, 1.54) is 12.5 Å². The number of furan rings is 1. The fourth-order valence-electron chi connectivity index (χ4n) is 3.54. The van der Waals surface area contributed by atoms with E-state index in [4.69, 9.17) is 8.94 Å². The van der Waals surface area contributed by atoms with Crippen LogP contribution in [0.5, 0.6) is 0 Å². The van der Waals surface area contributed by atoms with Gasteiger partial charge in [0, 0.05) is 38.6 Å². The van der Waals surface area contributed by atoms with Crippen molar-refractivity contribution < 1.29 is 13.7 Å². The standard InChI is InChI=1S/C17H23N5O3/c1-21-8-5-18-10-14(21)15-19-16(25-20-15)12-2-6-22(7-3-12)17(23)13-4-9-24-11-13/h4,9,11-12,14,18H,2-3,5-8,10H2,1H3. The lowest BCUT2D eigenvalue weighted by molar-refractivity contribution is 0.0704. The van der Waals surface area contributed by atoms with Gasteiger partial charge in [-0.3, -0.25) is 9.69 Å². The average Bonchev–Trinajstić information content (AvgIpc) is 3.34. The molecule has 0 aromatic carbocycles. The first-order chi connectivity index (χ1) is 12.2. The van der Waals surface area contributed by atoms with Gasteiger partial charge in [0.05, 0.1) is 17.9 Å². The molecule has 0 saturated carbocycles. The number of rotatable bonds is 3. The molecule has 2 aliphatic rings. The third kappa shape index (κ3) is 3.32. The summed E-state index contributed by atoms with van der Waals surface area (Å²) in [5.74, 6) is 1.69. The lowest BCUT2D eigenvalue weighted by Gasteiger charge is -2.31. The largest absolute Gasteiger partial charge is 0.472 e. The van der Waals surface area contributed by atoms with E-state index in [1.807, 2.05) is 4.90 Å². The van der Waals surface area contributed by atoms with Crippen LogP contribution < -0.4 is 5.32 Å². The molecule has 0 radical (unpaired) electrons. The summed E-state index contributed by atoms with van der Waals surface area (Å²) in [7, 11) is 2.08. The van der Waals surface area contributed by atoms with Crippen LogP contribution in [0.3, 0.4) is 0 Å². The minimum atomic E-state index is 0.0216. The van der Waals surface area contributed by atoms with Crippen molar-refractivity contribution in [1.29, 1.82) is 0 Å². The molecule has 8 heteroatoms. The monoisotopic (exact) mass is 345 g/mol. The summed E-state index contributed by atoms with van der Waals surface area (Å²) in [6.45, 7) is 4.19. The van der Waals surface area contributed by atoms with Crippen molar-refractivity contribution in [3.8, 4) is 0 Å². The van der Waals surface area contributed by atoms with Crippen LogP contribution in [0, 0.1) is 0 Å². The predicted octanol–water partition coefficient (Wildman–Crippen LogP) is 1.26. The Kier molecular flexibility index (Phi) is 4.54. The van der Waals surface area contributed by atoms with E-state index >= 15 is 0 Å². The van der Waals surface area contributed by atoms with Crippen LogP contribution in [0.15, 0.2) is 27.5 Å². The highest BCUT2D eigenvalue weighted by Crippen LogP contribution is 2.29. The lowest BCUT2D eigenvalue weighted by atomic mass is 9.96. The van der Waals surface area contributed by atoms with Gasteiger partial charge in [-0.05, 0) is 26.0 Å². The zero-order valence-electron chi connectivity index (χ0n) is 14.4. The normalized spacial score (nSPS) is 23.1. The van der Waals surface area contributed by atoms with Crippen LogP contribution in [0.4, 0.5) is 0 Å². The van der Waals surface area contributed by atoms with Gasteiger partial charge in [0.1, 0.15) is 6.26 Å². The molecule has 4 heterocycles. The molecule has 8 nitrogen and oxygen atoms in total. The molecular formula is C17H23N5O3. The first-order valence-electron chi connectivity index (χ1n) is 8.78. The number of nitrogens with zero attached hydrogens (tertiary/aromatic N) is 4. The number of aromatic nitrogens is 2. The average molecular weight is 345 g/mol. The van der Waals surface area contributed by atoms with Crippen LogP contribution >= 0.6 is 0 Å². The third-order valence-corrected chi connectivity index (χ3v) is 5.17. The van der Waals surface area contributed by atoms with Gasteiger partial charge in [0.2, 0.25) is 5.89 Å². The van der Waals surface area contributed by atoms with E-state index in [0.717, 1.165) is 38.3 Å². The van der Waals surface area contributed by atoms with Gasteiger partial charge in [-0.2, -0.15) is 4.98 Å². The molecule has 4 rings (SSSR count). The number of hydrogen-bond donors (Lipinski definition) is 1. The lowest BCUT2D eigenvalue weighted by Crippen LogP contribution is -2.44. The van der Waals surface area contributed by atoms with Crippen molar-refractivity contribution in [2.24, 2.45) is 0 Å². The number of piperidine rings is 1. The minimum Gasteiger partial charge on any atom is -0.472 e. The van der Waals surface area contributed by atoms with Crippen LogP contribution in [0.25, 0.3) is 0 Å². The van der Waals surface area contributed by atoms with Crippen LogP contribution in [-0.2, 0) is 0 Å². The zero-order valence-corrected chi connectivity index (χ0v) is 14.4. The van der Waals surface area contributed by atoms with E-state index in [-0.39, 0.29) is 17.9 Å². The number of likely N-dealkylation sites (tertiary alicyclic amines) is 1. The molecule has 2 saturated heterocycles. The van der Waals surface area contributed by atoms with Gasteiger partial charge in [-0.15, -0.1) is 0 Å². The SMILES string of the molecule is CN1CCNCC1c1noc(C2CCN(C(=O)c3ccoc3)CC2)n1. The first-order valence-corrected chi connectivity index (χ1v) is 8.78. The zero-order chi connectivity index (χ0) is 17.2. The number of hydrogen-bond acceptors (Lipinski definition) is 7. The Bertz CT molecular complexity index is 706. The highest BCUT2D eigenvalue weighted by molar-refractivity contribution is 5.93. The number of likely N-dealkylation sites (N-methyl/N-ethyl adjacent to an activating group) is 1. The summed E-state index contributed by atoms with van der Waals surface area (Å²) in [6, 6.07) is 1.86. The topological polar surface area (TPSA) is 87.6 Å². The number of nitrogens with one attached hydrogen (secondary N) is 1. The van der Waals surface area contributed by atoms with Crippen molar-refractivity contribution in [2.75, 3.05) is 39.8 Å². The Morgan fingerprint density at radius 3 is 2.88 bits per heavy atom. The van der Waals surface area contributed by atoms with Gasteiger partial charge in [-0.25, -0.2) is 0 Å². The molecule has 2 aromatic heterocycles. The van der Waals surface area contributed by atoms with E-state index in [2.05, 4.69) is 27.4 Å². The maximum absolute atomic E-state index is 12.4. The third-order valence-electron chi connectivity index (χ3n) is 5.17. The fourth-order valence-corrected chi connectivity index (χ4v) is 3.54. The molecule has 25 heavy (non-hydrogen) atoms. The maximum Gasteiger partial charge on any atom is 0.257 e. The highest BCUT2D eigenvalue weighted by atomic mass is 16.5. The number of carbonyl (C=O) groups excluding carboxylic acids is 1. The van der Waals surface area contributed by atoms with Crippen molar-refractivity contribution in [3.05, 3.63) is 35.9 Å². The summed E-state index contributed by atoms with van der Waals surface area (Å²) < 4.78 is 10.5. The second-order valence-corrected chi connectivity index (χ2v) is 6.77. The molecule has 0 aliphatic carbocycles. The van der Waals surface area contributed by atoms with Crippen molar-refractivity contribution in [1.82, 2.24) is 25.3 Å². The van der Waals surface area contributed by atoms with Gasteiger partial charge in [0.15, 0.2) is 5.82 Å². The van der Waals surface area contributed by atoms with E-state index in [9.17, 15) is 4.79 Å². The molecule has 2 aliphatic heterocycles. The Morgan fingerprint density at radius 2 is 2.16 bits per heavy atom.